The molecule has 146 valence electrons. The van der Waals surface area contributed by atoms with E-state index in [0.29, 0.717) is 5.75 Å². The van der Waals surface area contributed by atoms with Crippen molar-refractivity contribution in [1.82, 2.24) is 9.55 Å². The summed E-state index contributed by atoms with van der Waals surface area (Å²) < 4.78 is 7.69. The number of nitrogens with zero attached hydrogens (tertiary/aromatic N) is 2. The van der Waals surface area contributed by atoms with Crippen LogP contribution in [0, 0.1) is 6.92 Å². The first kappa shape index (κ1) is 18.1. The first-order chi connectivity index (χ1) is 14.6. The quantitative estimate of drug-likeness (QED) is 0.276. The number of benzene rings is 3. The van der Waals surface area contributed by atoms with Crippen LogP contribution >= 0.6 is 0 Å². The SMILES string of the molecule is CC(=O)Oc1cc(-c2cccc(C)n2)cc(-n2c3ccccc3c3ccccc32)c1. The van der Waals surface area contributed by atoms with Crippen molar-refractivity contribution in [3.8, 4) is 22.7 Å². The molecule has 0 saturated heterocycles. The predicted octanol–water partition coefficient (Wildman–Crippen LogP) is 6.08. The third kappa shape index (κ3) is 3.12. The summed E-state index contributed by atoms with van der Waals surface area (Å²) in [5.74, 6) is 0.151. The van der Waals surface area contributed by atoms with E-state index in [0.717, 1.165) is 33.7 Å². The molecule has 3 aromatic carbocycles. The van der Waals surface area contributed by atoms with E-state index in [1.54, 1.807) is 0 Å². The van der Waals surface area contributed by atoms with Crippen molar-refractivity contribution < 1.29 is 9.53 Å². The van der Waals surface area contributed by atoms with Gasteiger partial charge in [0.2, 0.25) is 0 Å². The van der Waals surface area contributed by atoms with Gasteiger partial charge >= 0.3 is 5.97 Å². The minimum Gasteiger partial charge on any atom is -0.427 e. The van der Waals surface area contributed by atoms with Crippen LogP contribution in [-0.2, 0) is 4.79 Å². The lowest BCUT2D eigenvalue weighted by molar-refractivity contribution is -0.131. The number of carbonyl (C=O) groups excluding carboxylic acids is 1. The van der Waals surface area contributed by atoms with Gasteiger partial charge in [-0.15, -0.1) is 0 Å². The average molecular weight is 392 g/mol. The number of fused-ring (bicyclic) bond motifs is 3. The van der Waals surface area contributed by atoms with E-state index in [-0.39, 0.29) is 5.97 Å². The molecule has 0 spiro atoms. The molecule has 2 heterocycles. The van der Waals surface area contributed by atoms with E-state index in [4.69, 9.17) is 4.74 Å². The Bertz CT molecular complexity index is 1360. The Morgan fingerprint density at radius 1 is 0.833 bits per heavy atom. The summed E-state index contributed by atoms with van der Waals surface area (Å²) in [7, 11) is 0. The fourth-order valence-corrected chi connectivity index (χ4v) is 3.99. The maximum absolute atomic E-state index is 11.7. The lowest BCUT2D eigenvalue weighted by Gasteiger charge is -2.13. The predicted molar refractivity (Wildman–Crippen MR) is 120 cm³/mol. The van der Waals surface area contributed by atoms with E-state index >= 15 is 0 Å². The lowest BCUT2D eigenvalue weighted by Crippen LogP contribution is -2.03. The van der Waals surface area contributed by atoms with E-state index in [1.165, 1.54) is 17.7 Å². The summed E-state index contributed by atoms with van der Waals surface area (Å²) in [5.41, 5.74) is 5.79. The Labute approximate surface area is 174 Å². The van der Waals surface area contributed by atoms with Gasteiger partial charge in [-0.2, -0.15) is 0 Å². The number of pyridine rings is 1. The van der Waals surface area contributed by atoms with Crippen molar-refractivity contribution in [3.63, 3.8) is 0 Å². The van der Waals surface area contributed by atoms with Gasteiger partial charge in [0.1, 0.15) is 5.75 Å². The minimum absolute atomic E-state index is 0.350. The molecule has 0 radical (unpaired) electrons. The number of esters is 1. The first-order valence-corrected chi connectivity index (χ1v) is 9.86. The van der Waals surface area contributed by atoms with Gasteiger partial charge in [-0.05, 0) is 43.3 Å². The van der Waals surface area contributed by atoms with Crippen LogP contribution in [0.25, 0.3) is 38.8 Å². The highest BCUT2D eigenvalue weighted by molar-refractivity contribution is 6.09. The maximum atomic E-state index is 11.7. The van der Waals surface area contributed by atoms with Crippen LogP contribution in [0.3, 0.4) is 0 Å². The summed E-state index contributed by atoms with van der Waals surface area (Å²) >= 11 is 0. The van der Waals surface area contributed by atoms with Crippen LogP contribution in [0.2, 0.25) is 0 Å². The molecule has 0 aliphatic rings. The molecule has 0 bridgehead atoms. The molecule has 0 aliphatic carbocycles. The highest BCUT2D eigenvalue weighted by atomic mass is 16.5. The van der Waals surface area contributed by atoms with Crippen LogP contribution in [0.15, 0.2) is 84.9 Å². The van der Waals surface area contributed by atoms with Crippen molar-refractivity contribution in [2.24, 2.45) is 0 Å². The van der Waals surface area contributed by atoms with E-state index in [9.17, 15) is 4.79 Å². The van der Waals surface area contributed by atoms with E-state index < -0.39 is 0 Å². The van der Waals surface area contributed by atoms with Gasteiger partial charge in [-0.1, -0.05) is 42.5 Å². The average Bonchev–Trinajstić information content (AvgIpc) is 3.08. The van der Waals surface area contributed by atoms with Gasteiger partial charge in [0.25, 0.3) is 0 Å². The monoisotopic (exact) mass is 392 g/mol. The molecular weight excluding hydrogens is 372 g/mol. The molecular formula is C26H20N2O2. The number of aryl methyl sites for hydroxylation is 1. The Balaban J connectivity index is 1.82. The number of para-hydroxylation sites is 2. The van der Waals surface area contributed by atoms with Crippen LogP contribution < -0.4 is 4.74 Å². The van der Waals surface area contributed by atoms with Gasteiger partial charge in [-0.25, -0.2) is 0 Å². The summed E-state index contributed by atoms with van der Waals surface area (Å²) in [6, 6.07) is 28.4. The van der Waals surface area contributed by atoms with Gasteiger partial charge in [0, 0.05) is 35.0 Å². The van der Waals surface area contributed by atoms with Crippen LogP contribution in [0.5, 0.6) is 5.75 Å². The normalized spacial score (nSPS) is 11.1. The molecule has 30 heavy (non-hydrogen) atoms. The first-order valence-electron chi connectivity index (χ1n) is 9.86. The fraction of sp³-hybridized carbons (Fsp3) is 0.0769. The van der Waals surface area contributed by atoms with Crippen molar-refractivity contribution >= 4 is 27.8 Å². The molecule has 0 aliphatic heterocycles. The number of rotatable bonds is 3. The van der Waals surface area contributed by atoms with E-state index in [1.807, 2.05) is 49.4 Å². The topological polar surface area (TPSA) is 44.1 Å². The number of aromatic nitrogens is 2. The molecule has 5 rings (SSSR count). The summed E-state index contributed by atoms with van der Waals surface area (Å²) in [5, 5.41) is 2.36. The second kappa shape index (κ2) is 7.16. The Morgan fingerprint density at radius 3 is 2.13 bits per heavy atom. The van der Waals surface area contributed by atoms with Crippen molar-refractivity contribution in [2.75, 3.05) is 0 Å². The van der Waals surface area contributed by atoms with Crippen molar-refractivity contribution in [1.29, 1.82) is 0 Å². The van der Waals surface area contributed by atoms with Crippen LogP contribution in [0.4, 0.5) is 0 Å². The molecule has 0 unspecified atom stereocenters. The second-order valence-corrected chi connectivity index (χ2v) is 7.34. The standard InChI is InChI=1S/C26H20N2O2/c1-17-8-7-11-24(27-17)19-14-20(16-21(15-19)30-18(2)29)28-25-12-5-3-9-22(25)23-10-4-6-13-26(23)28/h3-16H,1-2H3. The molecule has 5 aromatic rings. The second-order valence-electron chi connectivity index (χ2n) is 7.34. The number of hydrogen-bond donors (Lipinski definition) is 0. The fourth-order valence-electron chi connectivity index (χ4n) is 3.99. The summed E-state index contributed by atoms with van der Waals surface area (Å²) in [6.07, 6.45) is 0. The highest BCUT2D eigenvalue weighted by Crippen LogP contribution is 2.35. The largest absolute Gasteiger partial charge is 0.427 e. The summed E-state index contributed by atoms with van der Waals surface area (Å²) in [6.45, 7) is 3.38. The zero-order valence-electron chi connectivity index (χ0n) is 16.8. The maximum Gasteiger partial charge on any atom is 0.308 e. The third-order valence-corrected chi connectivity index (χ3v) is 5.18. The molecule has 4 heteroatoms. The summed E-state index contributed by atoms with van der Waals surface area (Å²) in [4.78, 5) is 16.4. The lowest BCUT2D eigenvalue weighted by atomic mass is 10.1. The highest BCUT2D eigenvalue weighted by Gasteiger charge is 2.14. The Kier molecular flexibility index (Phi) is 4.32. The van der Waals surface area contributed by atoms with Crippen molar-refractivity contribution in [3.05, 3.63) is 90.6 Å². The van der Waals surface area contributed by atoms with E-state index in [2.05, 4.69) is 52.0 Å². The third-order valence-electron chi connectivity index (χ3n) is 5.18. The molecule has 4 nitrogen and oxygen atoms in total. The zero-order chi connectivity index (χ0) is 20.7. The number of carbonyl (C=O) groups is 1. The molecule has 0 saturated carbocycles. The Hall–Kier alpha value is -3.92. The van der Waals surface area contributed by atoms with Gasteiger partial charge < -0.3 is 9.30 Å². The molecule has 0 N–H and O–H groups in total. The smallest absolute Gasteiger partial charge is 0.308 e. The zero-order valence-corrected chi connectivity index (χ0v) is 16.8. The van der Waals surface area contributed by atoms with Gasteiger partial charge in [0.15, 0.2) is 0 Å². The van der Waals surface area contributed by atoms with Crippen LogP contribution in [-0.4, -0.2) is 15.5 Å². The minimum atomic E-state index is -0.350. The Morgan fingerprint density at radius 2 is 1.50 bits per heavy atom. The number of hydrogen-bond acceptors (Lipinski definition) is 3. The molecule has 0 atom stereocenters. The van der Waals surface area contributed by atoms with Gasteiger partial charge in [0.05, 0.1) is 22.4 Å². The van der Waals surface area contributed by atoms with Gasteiger partial charge in [-0.3, -0.25) is 9.78 Å². The molecule has 0 fully saturated rings. The number of ether oxygens (including phenoxy) is 1. The molecule has 0 amide bonds. The van der Waals surface area contributed by atoms with Crippen LogP contribution in [0.1, 0.15) is 12.6 Å². The van der Waals surface area contributed by atoms with Crippen molar-refractivity contribution in [2.45, 2.75) is 13.8 Å². The molecule has 2 aromatic heterocycles.